The third kappa shape index (κ3) is 3.02. The summed E-state index contributed by atoms with van der Waals surface area (Å²) < 4.78 is 3.46. The van der Waals surface area contributed by atoms with Gasteiger partial charge in [-0.3, -0.25) is 0 Å². The van der Waals surface area contributed by atoms with Crippen molar-refractivity contribution in [3.8, 4) is 17.3 Å². The van der Waals surface area contributed by atoms with Gasteiger partial charge in [-0.1, -0.05) is 0 Å². The Labute approximate surface area is 167 Å². The molecule has 1 saturated carbocycles. The molecule has 1 aliphatic rings. The summed E-state index contributed by atoms with van der Waals surface area (Å²) in [6.07, 6.45) is 8.95. The van der Waals surface area contributed by atoms with Crippen molar-refractivity contribution in [3.05, 3.63) is 36.8 Å². The molecular weight excluding hydrogens is 366 g/mol. The molecular formula is C20H21N9. The minimum atomic E-state index is -0.222. The van der Waals surface area contributed by atoms with Crippen molar-refractivity contribution in [2.24, 2.45) is 5.41 Å². The number of aromatic nitrogens is 6. The van der Waals surface area contributed by atoms with E-state index in [1.165, 1.54) is 0 Å². The second-order valence-corrected chi connectivity index (χ2v) is 7.88. The van der Waals surface area contributed by atoms with Crippen molar-refractivity contribution in [1.29, 1.82) is 5.26 Å². The van der Waals surface area contributed by atoms with Crippen LogP contribution in [0.4, 0.5) is 11.8 Å². The fourth-order valence-corrected chi connectivity index (χ4v) is 3.97. The second kappa shape index (κ2) is 6.44. The molecule has 0 unspecified atom stereocenters. The molecule has 0 amide bonds. The zero-order valence-corrected chi connectivity index (χ0v) is 16.1. The van der Waals surface area contributed by atoms with E-state index in [1.54, 1.807) is 21.4 Å². The van der Waals surface area contributed by atoms with E-state index in [4.69, 9.17) is 5.73 Å². The Morgan fingerprint density at radius 2 is 2.00 bits per heavy atom. The first-order valence-electron chi connectivity index (χ1n) is 9.68. The average molecular weight is 387 g/mol. The van der Waals surface area contributed by atoms with Crippen LogP contribution in [0, 0.1) is 16.7 Å². The standard InChI is InChI=1S/C20H21N9/c1-20(12-21)7-4-13(5-8-20)24-19-25-18(22)17-14(6-10-29(17)27-19)15-2-3-16-23-9-11-28(16)26-15/h2-3,6,9-11,13H,4-5,7-8H2,1H3,(H3,22,24,25,27). The largest absolute Gasteiger partial charge is 0.382 e. The van der Waals surface area contributed by atoms with Crippen LogP contribution in [0.2, 0.25) is 0 Å². The molecule has 3 N–H and O–H groups in total. The van der Waals surface area contributed by atoms with Crippen molar-refractivity contribution in [3.63, 3.8) is 0 Å². The maximum Gasteiger partial charge on any atom is 0.243 e. The van der Waals surface area contributed by atoms with E-state index in [2.05, 4.69) is 31.6 Å². The number of nitrogens with one attached hydrogen (secondary N) is 1. The molecule has 146 valence electrons. The molecule has 0 saturated heterocycles. The van der Waals surface area contributed by atoms with Gasteiger partial charge < -0.3 is 11.1 Å². The van der Waals surface area contributed by atoms with Gasteiger partial charge in [0.1, 0.15) is 5.52 Å². The molecule has 0 aliphatic heterocycles. The van der Waals surface area contributed by atoms with Gasteiger partial charge in [-0.05, 0) is 50.8 Å². The maximum absolute atomic E-state index is 9.30. The minimum absolute atomic E-state index is 0.222. The van der Waals surface area contributed by atoms with E-state index in [9.17, 15) is 5.26 Å². The highest BCUT2D eigenvalue weighted by Gasteiger charge is 2.31. The Hall–Kier alpha value is -3.67. The topological polar surface area (TPSA) is 122 Å². The number of hydrogen-bond donors (Lipinski definition) is 2. The number of hydrogen-bond acceptors (Lipinski definition) is 7. The lowest BCUT2D eigenvalue weighted by Gasteiger charge is -2.32. The summed E-state index contributed by atoms with van der Waals surface area (Å²) in [5.74, 6) is 0.897. The van der Waals surface area contributed by atoms with Crippen LogP contribution in [-0.2, 0) is 0 Å². The average Bonchev–Trinajstić information content (AvgIpc) is 3.36. The highest BCUT2D eigenvalue weighted by atomic mass is 15.3. The molecule has 9 heteroatoms. The van der Waals surface area contributed by atoms with Gasteiger partial charge in [0.2, 0.25) is 5.95 Å². The van der Waals surface area contributed by atoms with Crippen LogP contribution >= 0.6 is 0 Å². The van der Waals surface area contributed by atoms with E-state index in [0.717, 1.165) is 48.1 Å². The predicted octanol–water partition coefficient (Wildman–Crippen LogP) is 2.91. The zero-order chi connectivity index (χ0) is 20.0. The van der Waals surface area contributed by atoms with Crippen molar-refractivity contribution < 1.29 is 0 Å². The molecule has 9 nitrogen and oxygen atoms in total. The fourth-order valence-electron chi connectivity index (χ4n) is 3.97. The molecule has 5 rings (SSSR count). The highest BCUT2D eigenvalue weighted by molar-refractivity contribution is 5.86. The number of nitriles is 1. The molecule has 0 bridgehead atoms. The maximum atomic E-state index is 9.30. The number of nitrogens with two attached hydrogens (primary N) is 1. The smallest absolute Gasteiger partial charge is 0.243 e. The summed E-state index contributed by atoms with van der Waals surface area (Å²) in [7, 11) is 0. The predicted molar refractivity (Wildman–Crippen MR) is 109 cm³/mol. The Balaban J connectivity index is 1.43. The van der Waals surface area contributed by atoms with Crippen LogP contribution < -0.4 is 11.1 Å². The Bertz CT molecular complexity index is 1240. The van der Waals surface area contributed by atoms with Crippen LogP contribution in [0.1, 0.15) is 32.6 Å². The van der Waals surface area contributed by atoms with Gasteiger partial charge in [0.25, 0.3) is 0 Å². The number of nitrogen functional groups attached to an aromatic ring is 1. The Morgan fingerprint density at radius 3 is 2.79 bits per heavy atom. The first kappa shape index (κ1) is 17.4. The van der Waals surface area contributed by atoms with E-state index in [0.29, 0.717) is 11.8 Å². The summed E-state index contributed by atoms with van der Waals surface area (Å²) in [6.45, 7) is 2.03. The third-order valence-electron chi connectivity index (χ3n) is 5.76. The van der Waals surface area contributed by atoms with Crippen molar-refractivity contribution in [2.75, 3.05) is 11.1 Å². The second-order valence-electron chi connectivity index (χ2n) is 7.88. The van der Waals surface area contributed by atoms with Gasteiger partial charge in [-0.25, -0.2) is 14.0 Å². The van der Waals surface area contributed by atoms with Crippen LogP contribution in [0.15, 0.2) is 36.8 Å². The summed E-state index contributed by atoms with van der Waals surface area (Å²) >= 11 is 0. The van der Waals surface area contributed by atoms with E-state index in [-0.39, 0.29) is 11.5 Å². The molecule has 0 radical (unpaired) electrons. The number of nitrogens with zero attached hydrogens (tertiary/aromatic N) is 7. The third-order valence-corrected chi connectivity index (χ3v) is 5.76. The van der Waals surface area contributed by atoms with Crippen LogP contribution in [0.5, 0.6) is 0 Å². The Morgan fingerprint density at radius 1 is 1.17 bits per heavy atom. The molecule has 29 heavy (non-hydrogen) atoms. The van der Waals surface area contributed by atoms with Gasteiger partial charge in [0.05, 0.1) is 17.2 Å². The number of imidazole rings is 1. The van der Waals surface area contributed by atoms with Crippen molar-refractivity contribution >= 4 is 22.9 Å². The first-order chi connectivity index (χ1) is 14.0. The SMILES string of the molecule is CC1(C#N)CCC(Nc2nc(N)c3c(-c4ccc5nccn5n4)ccn3n2)CC1. The lowest BCUT2D eigenvalue weighted by Crippen LogP contribution is -2.31. The lowest BCUT2D eigenvalue weighted by molar-refractivity contribution is 0.279. The van der Waals surface area contributed by atoms with Gasteiger partial charge in [0.15, 0.2) is 11.5 Å². The van der Waals surface area contributed by atoms with Crippen LogP contribution in [0.3, 0.4) is 0 Å². The molecule has 4 heterocycles. The van der Waals surface area contributed by atoms with Crippen molar-refractivity contribution in [1.82, 2.24) is 29.2 Å². The van der Waals surface area contributed by atoms with Gasteiger partial charge >= 0.3 is 0 Å². The quantitative estimate of drug-likeness (QED) is 0.554. The molecule has 0 atom stereocenters. The van der Waals surface area contributed by atoms with E-state index < -0.39 is 0 Å². The molecule has 1 fully saturated rings. The summed E-state index contributed by atoms with van der Waals surface area (Å²) in [5.41, 5.74) is 9.23. The van der Waals surface area contributed by atoms with Gasteiger partial charge in [0, 0.05) is 30.2 Å². The van der Waals surface area contributed by atoms with E-state index in [1.807, 2.05) is 31.3 Å². The number of rotatable bonds is 3. The van der Waals surface area contributed by atoms with Gasteiger partial charge in [-0.2, -0.15) is 15.3 Å². The lowest BCUT2D eigenvalue weighted by atomic mass is 9.75. The molecule has 1 aliphatic carbocycles. The molecule has 4 aromatic heterocycles. The van der Waals surface area contributed by atoms with Crippen LogP contribution in [-0.4, -0.2) is 35.2 Å². The summed E-state index contributed by atoms with van der Waals surface area (Å²) in [4.78, 5) is 8.71. The van der Waals surface area contributed by atoms with Crippen LogP contribution in [0.25, 0.3) is 22.4 Å². The molecule has 0 aromatic carbocycles. The summed E-state index contributed by atoms with van der Waals surface area (Å²) in [6, 6.07) is 8.44. The minimum Gasteiger partial charge on any atom is -0.382 e. The van der Waals surface area contributed by atoms with Crippen molar-refractivity contribution in [2.45, 2.75) is 38.6 Å². The van der Waals surface area contributed by atoms with Gasteiger partial charge in [-0.15, -0.1) is 5.10 Å². The molecule has 4 aromatic rings. The monoisotopic (exact) mass is 387 g/mol. The first-order valence-corrected chi connectivity index (χ1v) is 9.68. The highest BCUT2D eigenvalue weighted by Crippen LogP contribution is 2.36. The normalized spacial score (nSPS) is 22.0. The Kier molecular flexibility index (Phi) is 3.87. The summed E-state index contributed by atoms with van der Waals surface area (Å²) in [5, 5.41) is 21.9. The molecule has 0 spiro atoms. The fraction of sp³-hybridized carbons (Fsp3) is 0.350. The van der Waals surface area contributed by atoms with E-state index >= 15 is 0 Å². The number of fused-ring (bicyclic) bond motifs is 2. The zero-order valence-electron chi connectivity index (χ0n) is 16.1. The number of anilines is 2.